The largest absolute Gasteiger partial charge is 0.386 e. The Kier molecular flexibility index (Phi) is 3.63. The van der Waals surface area contributed by atoms with Gasteiger partial charge in [0.1, 0.15) is 0 Å². The third-order valence-electron chi connectivity index (χ3n) is 2.87. The summed E-state index contributed by atoms with van der Waals surface area (Å²) in [6.07, 6.45) is 4.10. The van der Waals surface area contributed by atoms with Gasteiger partial charge in [0.15, 0.2) is 0 Å². The highest BCUT2D eigenvalue weighted by Crippen LogP contribution is 2.24. The molecule has 92 valence electrons. The Morgan fingerprint density at radius 3 is 2.11 bits per heavy atom. The zero-order chi connectivity index (χ0) is 13.0. The highest BCUT2D eigenvalue weighted by Gasteiger charge is 2.17. The van der Waals surface area contributed by atoms with Crippen molar-refractivity contribution in [2.75, 3.05) is 0 Å². The predicted octanol–water partition coefficient (Wildman–Crippen LogP) is 4.08. The van der Waals surface area contributed by atoms with Crippen LogP contribution in [0.1, 0.15) is 30.5 Å². The van der Waals surface area contributed by atoms with Crippen LogP contribution in [-0.2, 0) is 5.60 Å². The van der Waals surface area contributed by atoms with Gasteiger partial charge >= 0.3 is 0 Å². The first kappa shape index (κ1) is 12.6. The Bertz CT molecular complexity index is 533. The van der Waals surface area contributed by atoms with Gasteiger partial charge in [-0.25, -0.2) is 0 Å². The van der Waals surface area contributed by atoms with Crippen molar-refractivity contribution in [2.45, 2.75) is 19.4 Å². The van der Waals surface area contributed by atoms with Crippen LogP contribution in [0, 0.1) is 0 Å². The maximum atomic E-state index is 10.1. The summed E-state index contributed by atoms with van der Waals surface area (Å²) in [6.45, 7) is 3.62. The minimum atomic E-state index is -0.822. The topological polar surface area (TPSA) is 20.2 Å². The van der Waals surface area contributed by atoms with Gasteiger partial charge in [0.25, 0.3) is 0 Å². The molecule has 0 saturated heterocycles. The molecular weight excluding hydrogens is 220 g/mol. The minimum absolute atomic E-state index is 0.822. The van der Waals surface area contributed by atoms with E-state index in [1.165, 1.54) is 0 Å². The highest BCUT2D eigenvalue weighted by molar-refractivity contribution is 5.71. The van der Waals surface area contributed by atoms with E-state index in [0.29, 0.717) is 0 Å². The summed E-state index contributed by atoms with van der Waals surface area (Å²) in [5.74, 6) is 0. The summed E-state index contributed by atoms with van der Waals surface area (Å²) in [4.78, 5) is 0. The summed E-state index contributed by atoms with van der Waals surface area (Å²) >= 11 is 0. The van der Waals surface area contributed by atoms with Gasteiger partial charge in [-0.15, -0.1) is 0 Å². The molecular formula is C17H18O. The number of aliphatic hydroxyl groups is 1. The molecule has 2 rings (SSSR count). The van der Waals surface area contributed by atoms with Crippen molar-refractivity contribution in [3.05, 3.63) is 71.3 Å². The van der Waals surface area contributed by atoms with E-state index in [1.807, 2.05) is 62.4 Å². The van der Waals surface area contributed by atoms with Gasteiger partial charge in [0.2, 0.25) is 0 Å². The van der Waals surface area contributed by atoms with Crippen molar-refractivity contribution in [1.82, 2.24) is 0 Å². The molecule has 0 aliphatic heterocycles. The molecule has 0 amide bonds. The van der Waals surface area contributed by atoms with Gasteiger partial charge in [-0.1, -0.05) is 66.7 Å². The number of rotatable bonds is 3. The van der Waals surface area contributed by atoms with Gasteiger partial charge < -0.3 is 5.11 Å². The van der Waals surface area contributed by atoms with Crippen LogP contribution in [0.15, 0.2) is 54.6 Å². The van der Waals surface area contributed by atoms with Crippen LogP contribution in [0.3, 0.4) is 0 Å². The van der Waals surface area contributed by atoms with E-state index in [-0.39, 0.29) is 0 Å². The molecule has 0 radical (unpaired) electrons. The Balaban J connectivity index is 2.33. The van der Waals surface area contributed by atoms with Crippen LogP contribution in [0.2, 0.25) is 0 Å². The van der Waals surface area contributed by atoms with Crippen molar-refractivity contribution in [3.8, 4) is 0 Å². The van der Waals surface area contributed by atoms with E-state index in [0.717, 1.165) is 16.7 Å². The van der Waals surface area contributed by atoms with Crippen molar-refractivity contribution in [3.63, 3.8) is 0 Å². The van der Waals surface area contributed by atoms with Crippen LogP contribution in [0.4, 0.5) is 0 Å². The molecule has 0 bridgehead atoms. The van der Waals surface area contributed by atoms with E-state index in [2.05, 4.69) is 18.2 Å². The summed E-state index contributed by atoms with van der Waals surface area (Å²) in [6, 6.07) is 18.1. The van der Waals surface area contributed by atoms with E-state index in [4.69, 9.17) is 0 Å². The zero-order valence-electron chi connectivity index (χ0n) is 10.8. The molecule has 1 nitrogen and oxygen atoms in total. The lowest BCUT2D eigenvalue weighted by atomic mass is 9.93. The third-order valence-corrected chi connectivity index (χ3v) is 2.87. The Morgan fingerprint density at radius 1 is 0.833 bits per heavy atom. The van der Waals surface area contributed by atoms with Crippen LogP contribution >= 0.6 is 0 Å². The molecule has 0 saturated carbocycles. The maximum absolute atomic E-state index is 10.1. The van der Waals surface area contributed by atoms with Gasteiger partial charge in [-0.05, 0) is 30.5 Å². The van der Waals surface area contributed by atoms with Gasteiger partial charge in [-0.2, -0.15) is 0 Å². The predicted molar refractivity (Wildman–Crippen MR) is 77.1 cm³/mol. The second-order valence-electron chi connectivity index (χ2n) is 4.89. The molecule has 2 aromatic rings. The second-order valence-corrected chi connectivity index (χ2v) is 4.89. The first-order valence-electron chi connectivity index (χ1n) is 6.12. The standard InChI is InChI=1S/C17H18O/c1-17(2,18)16-11-7-6-10-15(16)13-12-14-8-4-3-5-9-14/h3-13,18H,1-2H3/b13-12+. The lowest BCUT2D eigenvalue weighted by Gasteiger charge is -2.20. The minimum Gasteiger partial charge on any atom is -0.386 e. The van der Waals surface area contributed by atoms with Crippen LogP contribution in [0.5, 0.6) is 0 Å². The van der Waals surface area contributed by atoms with Crippen molar-refractivity contribution in [2.24, 2.45) is 0 Å². The summed E-state index contributed by atoms with van der Waals surface area (Å²) in [5, 5.41) is 10.1. The average Bonchev–Trinajstić information content (AvgIpc) is 2.37. The monoisotopic (exact) mass is 238 g/mol. The van der Waals surface area contributed by atoms with Gasteiger partial charge in [0.05, 0.1) is 5.60 Å². The van der Waals surface area contributed by atoms with Crippen molar-refractivity contribution < 1.29 is 5.11 Å². The molecule has 2 aromatic carbocycles. The molecule has 0 aromatic heterocycles. The summed E-state index contributed by atoms with van der Waals surface area (Å²) in [5.41, 5.74) is 2.33. The van der Waals surface area contributed by atoms with Crippen molar-refractivity contribution >= 4 is 12.2 Å². The SMILES string of the molecule is CC(C)(O)c1ccccc1/C=C/c1ccccc1. The van der Waals surface area contributed by atoms with Gasteiger partial charge in [0, 0.05) is 0 Å². The molecule has 0 atom stereocenters. The first-order valence-corrected chi connectivity index (χ1v) is 6.12. The molecule has 0 unspecified atom stereocenters. The lowest BCUT2D eigenvalue weighted by Crippen LogP contribution is -2.16. The molecule has 0 heterocycles. The van der Waals surface area contributed by atoms with E-state index in [1.54, 1.807) is 0 Å². The fourth-order valence-electron chi connectivity index (χ4n) is 1.95. The molecule has 1 heteroatoms. The average molecular weight is 238 g/mol. The third kappa shape index (κ3) is 3.08. The summed E-state index contributed by atoms with van der Waals surface area (Å²) in [7, 11) is 0. The number of hydrogen-bond donors (Lipinski definition) is 1. The normalized spacial score (nSPS) is 11.9. The molecule has 1 N–H and O–H groups in total. The Morgan fingerprint density at radius 2 is 1.44 bits per heavy atom. The maximum Gasteiger partial charge on any atom is 0.0846 e. The molecule has 0 fully saturated rings. The highest BCUT2D eigenvalue weighted by atomic mass is 16.3. The van der Waals surface area contributed by atoms with Crippen LogP contribution < -0.4 is 0 Å². The van der Waals surface area contributed by atoms with E-state index < -0.39 is 5.60 Å². The molecule has 0 aliphatic carbocycles. The number of hydrogen-bond acceptors (Lipinski definition) is 1. The molecule has 18 heavy (non-hydrogen) atoms. The quantitative estimate of drug-likeness (QED) is 0.799. The van der Waals surface area contributed by atoms with E-state index in [9.17, 15) is 5.11 Å². The van der Waals surface area contributed by atoms with E-state index >= 15 is 0 Å². The smallest absolute Gasteiger partial charge is 0.0846 e. The number of benzene rings is 2. The van der Waals surface area contributed by atoms with Crippen molar-refractivity contribution in [1.29, 1.82) is 0 Å². The Labute approximate surface area is 108 Å². The van der Waals surface area contributed by atoms with Gasteiger partial charge in [-0.3, -0.25) is 0 Å². The fraction of sp³-hybridized carbons (Fsp3) is 0.176. The first-order chi connectivity index (χ1) is 8.57. The fourth-order valence-corrected chi connectivity index (χ4v) is 1.95. The molecule has 0 spiro atoms. The van der Waals surface area contributed by atoms with Crippen LogP contribution in [-0.4, -0.2) is 5.11 Å². The lowest BCUT2D eigenvalue weighted by molar-refractivity contribution is 0.0784. The van der Waals surface area contributed by atoms with Crippen LogP contribution in [0.25, 0.3) is 12.2 Å². The zero-order valence-corrected chi connectivity index (χ0v) is 10.8. The molecule has 0 aliphatic rings. The summed E-state index contributed by atoms with van der Waals surface area (Å²) < 4.78 is 0. The second kappa shape index (κ2) is 5.19. The Hall–Kier alpha value is -1.86.